The molecular formula is C10H16N2. The first-order chi connectivity index (χ1) is 5.83. The van der Waals surface area contributed by atoms with Crippen LogP contribution >= 0.6 is 0 Å². The minimum atomic E-state index is 0.995. The van der Waals surface area contributed by atoms with Crippen LogP contribution < -0.4 is 0 Å². The molecule has 0 aromatic carbocycles. The Kier molecular flexibility index (Phi) is 3.71. The Balaban J connectivity index is 2.37. The van der Waals surface area contributed by atoms with Gasteiger partial charge < -0.3 is 0 Å². The van der Waals surface area contributed by atoms with Crippen molar-refractivity contribution in [3.8, 4) is 0 Å². The van der Waals surface area contributed by atoms with Crippen molar-refractivity contribution < 1.29 is 0 Å². The lowest BCUT2D eigenvalue weighted by Crippen LogP contribution is -1.92. The summed E-state index contributed by atoms with van der Waals surface area (Å²) in [7, 11) is 0. The third-order valence-corrected chi connectivity index (χ3v) is 1.87. The van der Waals surface area contributed by atoms with E-state index in [1.54, 1.807) is 0 Å². The maximum absolute atomic E-state index is 4.29. The summed E-state index contributed by atoms with van der Waals surface area (Å²) in [6.07, 6.45) is 8.57. The van der Waals surface area contributed by atoms with Gasteiger partial charge in [0, 0.05) is 12.4 Å². The maximum Gasteiger partial charge on any atom is 0.0586 e. The summed E-state index contributed by atoms with van der Waals surface area (Å²) in [5.41, 5.74) is 2.11. The molecule has 0 aliphatic rings. The fourth-order valence-corrected chi connectivity index (χ4v) is 1.10. The van der Waals surface area contributed by atoms with Gasteiger partial charge in [-0.2, -0.15) is 0 Å². The molecule has 1 heterocycles. The molecule has 2 nitrogen and oxygen atoms in total. The van der Waals surface area contributed by atoms with Crippen LogP contribution in [-0.2, 0) is 6.42 Å². The van der Waals surface area contributed by atoms with E-state index in [-0.39, 0.29) is 0 Å². The topological polar surface area (TPSA) is 25.8 Å². The van der Waals surface area contributed by atoms with Gasteiger partial charge in [-0.3, -0.25) is 9.97 Å². The number of hydrogen-bond acceptors (Lipinski definition) is 2. The zero-order valence-electron chi connectivity index (χ0n) is 7.88. The zero-order chi connectivity index (χ0) is 8.81. The molecule has 0 N–H and O–H groups in total. The van der Waals surface area contributed by atoms with Crippen LogP contribution in [0, 0.1) is 6.92 Å². The Labute approximate surface area is 74.1 Å². The van der Waals surface area contributed by atoms with E-state index in [0.717, 1.165) is 17.8 Å². The molecule has 0 unspecified atom stereocenters. The molecule has 0 saturated carbocycles. The molecule has 0 radical (unpaired) electrons. The number of nitrogens with zero attached hydrogens (tertiary/aromatic N) is 2. The van der Waals surface area contributed by atoms with E-state index < -0.39 is 0 Å². The Bertz CT molecular complexity index is 216. The van der Waals surface area contributed by atoms with Crippen molar-refractivity contribution in [2.24, 2.45) is 0 Å². The number of rotatable bonds is 4. The highest BCUT2D eigenvalue weighted by atomic mass is 14.8. The molecule has 1 aromatic rings. The van der Waals surface area contributed by atoms with E-state index >= 15 is 0 Å². The van der Waals surface area contributed by atoms with Crippen molar-refractivity contribution in [1.82, 2.24) is 9.97 Å². The van der Waals surface area contributed by atoms with Crippen molar-refractivity contribution in [3.05, 3.63) is 23.8 Å². The molecule has 0 aliphatic carbocycles. The standard InChI is InChI=1S/C10H16N2/c1-3-4-5-6-10-8-11-9(2)7-12-10/h7-8H,3-6H2,1-2H3. The number of aromatic nitrogens is 2. The van der Waals surface area contributed by atoms with Crippen molar-refractivity contribution in [1.29, 1.82) is 0 Å². The molecule has 0 aliphatic heterocycles. The average Bonchev–Trinajstić information content (AvgIpc) is 2.09. The van der Waals surface area contributed by atoms with Gasteiger partial charge in [-0.15, -0.1) is 0 Å². The van der Waals surface area contributed by atoms with Crippen LogP contribution in [0.5, 0.6) is 0 Å². The molecule has 1 rings (SSSR count). The van der Waals surface area contributed by atoms with Gasteiger partial charge in [-0.25, -0.2) is 0 Å². The van der Waals surface area contributed by atoms with Gasteiger partial charge in [0.1, 0.15) is 0 Å². The van der Waals surface area contributed by atoms with Crippen molar-refractivity contribution in [2.45, 2.75) is 39.5 Å². The summed E-state index contributed by atoms with van der Waals surface area (Å²) < 4.78 is 0. The summed E-state index contributed by atoms with van der Waals surface area (Å²) in [6, 6.07) is 0. The summed E-state index contributed by atoms with van der Waals surface area (Å²) in [5, 5.41) is 0. The van der Waals surface area contributed by atoms with Crippen molar-refractivity contribution in [3.63, 3.8) is 0 Å². The third-order valence-electron chi connectivity index (χ3n) is 1.87. The second kappa shape index (κ2) is 4.86. The van der Waals surface area contributed by atoms with Crippen LogP contribution in [0.3, 0.4) is 0 Å². The van der Waals surface area contributed by atoms with E-state index in [9.17, 15) is 0 Å². The second-order valence-electron chi connectivity index (χ2n) is 3.11. The number of unbranched alkanes of at least 4 members (excludes halogenated alkanes) is 2. The average molecular weight is 164 g/mol. The minimum Gasteiger partial charge on any atom is -0.258 e. The number of hydrogen-bond donors (Lipinski definition) is 0. The van der Waals surface area contributed by atoms with Crippen LogP contribution in [0.25, 0.3) is 0 Å². The summed E-state index contributed by atoms with van der Waals surface area (Å²) in [6.45, 7) is 4.17. The molecule has 0 saturated heterocycles. The molecule has 0 atom stereocenters. The molecule has 66 valence electrons. The normalized spacial score (nSPS) is 10.2. The van der Waals surface area contributed by atoms with Crippen LogP contribution in [0.4, 0.5) is 0 Å². The monoisotopic (exact) mass is 164 g/mol. The molecule has 0 bridgehead atoms. The lowest BCUT2D eigenvalue weighted by Gasteiger charge is -1.98. The van der Waals surface area contributed by atoms with E-state index in [4.69, 9.17) is 0 Å². The molecule has 0 spiro atoms. The smallest absolute Gasteiger partial charge is 0.0586 e. The Morgan fingerprint density at radius 1 is 1.17 bits per heavy atom. The van der Waals surface area contributed by atoms with Gasteiger partial charge in [-0.1, -0.05) is 19.8 Å². The first-order valence-corrected chi connectivity index (χ1v) is 4.60. The van der Waals surface area contributed by atoms with Crippen LogP contribution in [0.1, 0.15) is 37.6 Å². The van der Waals surface area contributed by atoms with Gasteiger partial charge in [-0.05, 0) is 19.8 Å². The van der Waals surface area contributed by atoms with Gasteiger partial charge in [0.25, 0.3) is 0 Å². The molecule has 1 aromatic heterocycles. The van der Waals surface area contributed by atoms with E-state index in [1.165, 1.54) is 19.3 Å². The summed E-state index contributed by atoms with van der Waals surface area (Å²) in [4.78, 5) is 8.48. The molecular weight excluding hydrogens is 148 g/mol. The van der Waals surface area contributed by atoms with E-state index in [1.807, 2.05) is 19.3 Å². The van der Waals surface area contributed by atoms with E-state index in [2.05, 4.69) is 16.9 Å². The van der Waals surface area contributed by atoms with Crippen LogP contribution in [0.15, 0.2) is 12.4 Å². The summed E-state index contributed by atoms with van der Waals surface area (Å²) in [5.74, 6) is 0. The zero-order valence-corrected chi connectivity index (χ0v) is 7.88. The van der Waals surface area contributed by atoms with Crippen LogP contribution in [0.2, 0.25) is 0 Å². The largest absolute Gasteiger partial charge is 0.258 e. The quantitative estimate of drug-likeness (QED) is 0.639. The Morgan fingerprint density at radius 2 is 2.00 bits per heavy atom. The third kappa shape index (κ3) is 2.99. The highest BCUT2D eigenvalue weighted by molar-refractivity contribution is 5.00. The summed E-state index contributed by atoms with van der Waals surface area (Å²) >= 11 is 0. The molecule has 0 amide bonds. The van der Waals surface area contributed by atoms with Gasteiger partial charge in [0.2, 0.25) is 0 Å². The number of aryl methyl sites for hydroxylation is 2. The maximum atomic E-state index is 4.29. The van der Waals surface area contributed by atoms with Gasteiger partial charge in [0.15, 0.2) is 0 Å². The predicted molar refractivity (Wildman–Crippen MR) is 50.0 cm³/mol. The van der Waals surface area contributed by atoms with Gasteiger partial charge in [0.05, 0.1) is 11.4 Å². The Morgan fingerprint density at radius 3 is 2.58 bits per heavy atom. The first-order valence-electron chi connectivity index (χ1n) is 4.60. The fraction of sp³-hybridized carbons (Fsp3) is 0.600. The SMILES string of the molecule is CCCCCc1cnc(C)cn1. The lowest BCUT2D eigenvalue weighted by molar-refractivity contribution is 0.704. The minimum absolute atomic E-state index is 0.995. The fourth-order valence-electron chi connectivity index (χ4n) is 1.10. The Hall–Kier alpha value is -0.920. The first kappa shape index (κ1) is 9.17. The molecule has 12 heavy (non-hydrogen) atoms. The highest BCUT2D eigenvalue weighted by Crippen LogP contribution is 2.02. The highest BCUT2D eigenvalue weighted by Gasteiger charge is 1.93. The predicted octanol–water partition coefficient (Wildman–Crippen LogP) is 2.52. The van der Waals surface area contributed by atoms with Crippen LogP contribution in [-0.4, -0.2) is 9.97 Å². The molecule has 2 heteroatoms. The molecule has 0 fully saturated rings. The second-order valence-corrected chi connectivity index (χ2v) is 3.11. The van der Waals surface area contributed by atoms with Crippen molar-refractivity contribution >= 4 is 0 Å². The van der Waals surface area contributed by atoms with Crippen molar-refractivity contribution in [2.75, 3.05) is 0 Å². The lowest BCUT2D eigenvalue weighted by atomic mass is 10.2. The van der Waals surface area contributed by atoms with Gasteiger partial charge >= 0.3 is 0 Å². The van der Waals surface area contributed by atoms with E-state index in [0.29, 0.717) is 0 Å².